The van der Waals surface area contributed by atoms with E-state index in [1.807, 2.05) is 36.4 Å². The molecule has 0 saturated carbocycles. The van der Waals surface area contributed by atoms with Crippen molar-refractivity contribution in [2.75, 3.05) is 26.3 Å². The van der Waals surface area contributed by atoms with E-state index in [4.69, 9.17) is 9.47 Å². The zero-order valence-electron chi connectivity index (χ0n) is 23.3. The maximum Gasteiger partial charge on any atom is 0.312 e. The minimum Gasteiger partial charge on any atom is -0.465 e. The number of allylic oxidation sites excluding steroid dienone is 1. The van der Waals surface area contributed by atoms with Crippen LogP contribution in [0.15, 0.2) is 55.6 Å². The van der Waals surface area contributed by atoms with E-state index in [-0.39, 0.29) is 29.9 Å². The summed E-state index contributed by atoms with van der Waals surface area (Å²) in [4.78, 5) is 45.3. The second-order valence-electron chi connectivity index (χ2n) is 10.9. The number of hydrogen-bond acceptors (Lipinski definition) is 6. The van der Waals surface area contributed by atoms with E-state index in [1.165, 1.54) is 4.90 Å². The number of alkyl halides is 1. The molecule has 8 nitrogen and oxygen atoms in total. The van der Waals surface area contributed by atoms with Crippen LogP contribution in [-0.2, 0) is 23.9 Å². The zero-order valence-corrected chi connectivity index (χ0v) is 24.8. The quantitative estimate of drug-likeness (QED) is 0.137. The molecule has 1 spiro atoms. The molecule has 40 heavy (non-hydrogen) atoms. The fourth-order valence-electron chi connectivity index (χ4n) is 6.61. The van der Waals surface area contributed by atoms with Gasteiger partial charge in [-0.1, -0.05) is 71.8 Å². The van der Waals surface area contributed by atoms with Crippen LogP contribution in [0, 0.1) is 11.8 Å². The first-order valence-corrected chi connectivity index (χ1v) is 15.2. The summed E-state index contributed by atoms with van der Waals surface area (Å²) < 4.78 is 12.3. The predicted octanol–water partition coefficient (Wildman–Crippen LogP) is 4.18. The van der Waals surface area contributed by atoms with Crippen LogP contribution in [0.2, 0.25) is 0 Å². The minimum absolute atomic E-state index is 0.224. The molecule has 1 N–H and O–H groups in total. The number of hydrogen-bond donors (Lipinski definition) is 1. The van der Waals surface area contributed by atoms with Crippen molar-refractivity contribution in [1.29, 1.82) is 0 Å². The van der Waals surface area contributed by atoms with Crippen molar-refractivity contribution in [1.82, 2.24) is 9.80 Å². The van der Waals surface area contributed by atoms with Crippen LogP contribution in [0.5, 0.6) is 0 Å². The van der Waals surface area contributed by atoms with Gasteiger partial charge in [-0.2, -0.15) is 0 Å². The zero-order chi connectivity index (χ0) is 28.9. The lowest BCUT2D eigenvalue weighted by Crippen LogP contribution is -2.57. The van der Waals surface area contributed by atoms with Crippen molar-refractivity contribution >= 4 is 33.7 Å². The molecule has 2 amide bonds. The van der Waals surface area contributed by atoms with Crippen LogP contribution in [0.25, 0.3) is 0 Å². The van der Waals surface area contributed by atoms with E-state index in [2.05, 4.69) is 36.0 Å². The van der Waals surface area contributed by atoms with Gasteiger partial charge >= 0.3 is 5.97 Å². The molecule has 1 aromatic carbocycles. The number of aliphatic hydroxyl groups is 1. The van der Waals surface area contributed by atoms with Crippen LogP contribution in [0.1, 0.15) is 57.1 Å². The maximum atomic E-state index is 14.4. The highest BCUT2D eigenvalue weighted by Crippen LogP contribution is 2.61. The molecule has 3 aliphatic rings. The molecule has 3 heterocycles. The molecule has 3 fully saturated rings. The number of nitrogens with zero attached hydrogens (tertiary/aromatic N) is 2. The van der Waals surface area contributed by atoms with Gasteiger partial charge in [0.05, 0.1) is 37.2 Å². The molecule has 0 aliphatic carbocycles. The third-order valence-electron chi connectivity index (χ3n) is 8.42. The molecule has 0 aromatic heterocycles. The molecule has 2 bridgehead atoms. The van der Waals surface area contributed by atoms with Gasteiger partial charge in [-0.05, 0) is 37.7 Å². The molecule has 3 saturated heterocycles. The summed E-state index contributed by atoms with van der Waals surface area (Å²) in [5.74, 6) is -2.81. The molecular weight excluding hydrogens is 576 g/mol. The number of rotatable bonds is 15. The van der Waals surface area contributed by atoms with Crippen LogP contribution in [0.4, 0.5) is 0 Å². The Bertz CT molecular complexity index is 1080. The van der Waals surface area contributed by atoms with Crippen molar-refractivity contribution in [3.8, 4) is 0 Å². The van der Waals surface area contributed by atoms with E-state index in [9.17, 15) is 19.5 Å². The largest absolute Gasteiger partial charge is 0.465 e. The minimum atomic E-state index is -1.21. The van der Waals surface area contributed by atoms with Crippen LogP contribution in [0.3, 0.4) is 0 Å². The van der Waals surface area contributed by atoms with Gasteiger partial charge in [-0.15, -0.1) is 13.2 Å². The van der Waals surface area contributed by atoms with E-state index in [0.29, 0.717) is 31.5 Å². The highest BCUT2D eigenvalue weighted by molar-refractivity contribution is 9.09. The van der Waals surface area contributed by atoms with Gasteiger partial charge in [-0.3, -0.25) is 14.4 Å². The second kappa shape index (κ2) is 13.4. The van der Waals surface area contributed by atoms with Gasteiger partial charge in [0, 0.05) is 17.9 Å². The van der Waals surface area contributed by atoms with Crippen molar-refractivity contribution in [2.45, 2.75) is 74.1 Å². The topological polar surface area (TPSA) is 96.4 Å². The Hall–Kier alpha value is -2.49. The average Bonchev–Trinajstić information content (AvgIpc) is 3.55. The first kappa shape index (κ1) is 30.5. The third-order valence-corrected chi connectivity index (χ3v) is 9.26. The SMILES string of the molecule is C=CCCCCOC(=O)[C@H]1[C@@H]2OC3(CC2Br)C(C(=O)N(CC=C)CCCC)N([C@H](CO)c2ccccc2)C(=O)[C@H]13. The van der Waals surface area contributed by atoms with Crippen LogP contribution in [-0.4, -0.2) is 81.6 Å². The number of carbonyl (C=O) groups excluding carboxylic acids is 3. The molecule has 218 valence electrons. The number of unbranched alkanes of at least 4 members (excludes halogenated alkanes) is 3. The summed E-state index contributed by atoms with van der Waals surface area (Å²) in [6, 6.07) is 7.42. The molecule has 0 radical (unpaired) electrons. The third kappa shape index (κ3) is 5.52. The maximum absolute atomic E-state index is 14.4. The van der Waals surface area contributed by atoms with Gasteiger partial charge in [0.2, 0.25) is 11.8 Å². The second-order valence-corrected chi connectivity index (χ2v) is 12.1. The normalized spacial score (nSPS) is 29.2. The number of benzene rings is 1. The number of ether oxygens (including phenoxy) is 2. The first-order valence-electron chi connectivity index (χ1n) is 14.3. The Labute approximate surface area is 245 Å². The van der Waals surface area contributed by atoms with E-state index in [1.54, 1.807) is 11.0 Å². The molecular formula is C31H41BrN2O6. The monoisotopic (exact) mass is 616 g/mol. The first-order chi connectivity index (χ1) is 19.4. The highest BCUT2D eigenvalue weighted by atomic mass is 79.9. The Morgan fingerprint density at radius 3 is 2.65 bits per heavy atom. The lowest BCUT2D eigenvalue weighted by molar-refractivity contribution is -0.156. The van der Waals surface area contributed by atoms with Crippen molar-refractivity contribution < 1.29 is 29.0 Å². The summed E-state index contributed by atoms with van der Waals surface area (Å²) in [6.45, 7) is 10.3. The predicted molar refractivity (Wildman–Crippen MR) is 156 cm³/mol. The van der Waals surface area contributed by atoms with Crippen molar-refractivity contribution in [3.63, 3.8) is 0 Å². The molecule has 7 atom stereocenters. The smallest absolute Gasteiger partial charge is 0.312 e. The summed E-state index contributed by atoms with van der Waals surface area (Å²) in [7, 11) is 0. The summed E-state index contributed by atoms with van der Waals surface area (Å²) in [5, 5.41) is 10.6. The van der Waals surface area contributed by atoms with E-state index < -0.39 is 41.6 Å². The average molecular weight is 618 g/mol. The Morgan fingerprint density at radius 2 is 2.00 bits per heavy atom. The molecule has 3 unspecified atom stereocenters. The molecule has 3 aliphatic heterocycles. The van der Waals surface area contributed by atoms with Crippen molar-refractivity contribution in [3.05, 3.63) is 61.2 Å². The number of halogens is 1. The lowest BCUT2D eigenvalue weighted by atomic mass is 9.70. The lowest BCUT2D eigenvalue weighted by Gasteiger charge is -2.39. The fourth-order valence-corrected chi connectivity index (χ4v) is 7.55. The molecule has 4 rings (SSSR count). The van der Waals surface area contributed by atoms with E-state index in [0.717, 1.165) is 25.7 Å². The number of amides is 2. The number of carbonyl (C=O) groups is 3. The van der Waals surface area contributed by atoms with Gasteiger partial charge < -0.3 is 24.4 Å². The van der Waals surface area contributed by atoms with Gasteiger partial charge in [0.25, 0.3) is 0 Å². The number of aliphatic hydroxyl groups excluding tert-OH is 1. The number of likely N-dealkylation sites (tertiary alicyclic amines) is 1. The highest BCUT2D eigenvalue weighted by Gasteiger charge is 2.77. The molecule has 9 heteroatoms. The standard InChI is InChI=1S/C31H41BrN2O6/c1-4-7-9-13-18-39-30(38)24-25-28(36)34(23(20-35)21-14-11-10-12-15-21)27(31(25)19-22(32)26(24)40-31)29(37)33(16-6-3)17-8-5-2/h4,6,10-12,14-15,22-27,35H,1,3,5,7-9,13,16-20H2,2H3/t22?,23-,24-,25+,26-,27?,31?/m1/s1. The Kier molecular flexibility index (Phi) is 10.2. The van der Waals surface area contributed by atoms with E-state index >= 15 is 0 Å². The number of esters is 1. The van der Waals surface area contributed by atoms with Crippen LogP contribution < -0.4 is 0 Å². The van der Waals surface area contributed by atoms with Gasteiger partial charge in [-0.25, -0.2) is 0 Å². The van der Waals surface area contributed by atoms with Gasteiger partial charge in [0.15, 0.2) is 0 Å². The summed E-state index contributed by atoms with van der Waals surface area (Å²) in [5.41, 5.74) is -0.504. The Balaban J connectivity index is 1.74. The van der Waals surface area contributed by atoms with Crippen LogP contribution >= 0.6 is 15.9 Å². The van der Waals surface area contributed by atoms with Gasteiger partial charge in [0.1, 0.15) is 11.6 Å². The number of fused-ring (bicyclic) bond motifs is 1. The van der Waals surface area contributed by atoms with Crippen molar-refractivity contribution in [2.24, 2.45) is 11.8 Å². The fraction of sp³-hybridized carbons (Fsp3) is 0.581. The Morgan fingerprint density at radius 1 is 1.25 bits per heavy atom. The molecule has 1 aromatic rings. The summed E-state index contributed by atoms with van der Waals surface area (Å²) >= 11 is 3.70. The summed E-state index contributed by atoms with van der Waals surface area (Å²) in [6.07, 6.45) is 7.39.